The predicted molar refractivity (Wildman–Crippen MR) is 64.0 cm³/mol. The minimum Gasteiger partial charge on any atom is -0.387 e. The van der Waals surface area contributed by atoms with Crippen LogP contribution in [0.3, 0.4) is 0 Å². The molecule has 0 fully saturated rings. The topological polar surface area (TPSA) is 78.4 Å². The number of carbonyl (C=O) groups is 2. The Hall–Kier alpha value is -1.10. The first-order chi connectivity index (χ1) is 7.70. The minimum absolute atomic E-state index is 0.00472. The molecule has 0 aliphatic rings. The maximum absolute atomic E-state index is 11.0. The van der Waals surface area contributed by atoms with Crippen LogP contribution in [0.25, 0.3) is 0 Å². The van der Waals surface area contributed by atoms with Crippen LogP contribution in [0.4, 0.5) is 0 Å². The van der Waals surface area contributed by atoms with Crippen LogP contribution in [0, 0.1) is 0 Å². The largest absolute Gasteiger partial charge is 0.387 e. The molecule has 0 heterocycles. The van der Waals surface area contributed by atoms with E-state index in [-0.39, 0.29) is 5.91 Å². The van der Waals surface area contributed by atoms with Gasteiger partial charge in [-0.05, 0) is 6.42 Å². The maximum Gasteiger partial charge on any atom is 0.245 e. The van der Waals surface area contributed by atoms with Gasteiger partial charge in [0, 0.05) is 19.5 Å². The lowest BCUT2D eigenvalue weighted by Gasteiger charge is -2.05. The lowest BCUT2D eigenvalue weighted by atomic mass is 10.2. The number of aliphatic hydroxyl groups is 1. The summed E-state index contributed by atoms with van der Waals surface area (Å²) in [5.41, 5.74) is 0. The van der Waals surface area contributed by atoms with Crippen LogP contribution >= 0.6 is 0 Å². The monoisotopic (exact) mass is 232 g/mol. The molecule has 5 heteroatoms. The normalized spacial score (nSPS) is 8.75. The van der Waals surface area contributed by atoms with Gasteiger partial charge in [-0.3, -0.25) is 9.59 Å². The van der Waals surface area contributed by atoms with Crippen LogP contribution in [0.15, 0.2) is 0 Å². The maximum atomic E-state index is 11.0. The molecule has 0 aliphatic carbocycles. The van der Waals surface area contributed by atoms with Gasteiger partial charge in [-0.2, -0.15) is 0 Å². The van der Waals surface area contributed by atoms with Gasteiger partial charge >= 0.3 is 0 Å². The molecule has 0 aromatic rings. The number of unbranched alkanes of at least 4 members (excludes halogenated alkanes) is 1. The van der Waals surface area contributed by atoms with E-state index < -0.39 is 12.5 Å². The quantitative estimate of drug-likeness (QED) is 0.557. The number of amides is 2. The second-order valence-corrected chi connectivity index (χ2v) is 2.96. The Morgan fingerprint density at radius 3 is 2.00 bits per heavy atom. The third-order valence-electron chi connectivity index (χ3n) is 1.67. The van der Waals surface area contributed by atoms with E-state index in [9.17, 15) is 9.59 Å². The number of hydrogen-bond acceptors (Lipinski definition) is 3. The lowest BCUT2D eigenvalue weighted by molar-refractivity contribution is -0.124. The van der Waals surface area contributed by atoms with Crippen molar-refractivity contribution < 1.29 is 14.7 Å². The second-order valence-electron chi connectivity index (χ2n) is 2.96. The van der Waals surface area contributed by atoms with Crippen LogP contribution in [-0.2, 0) is 9.59 Å². The van der Waals surface area contributed by atoms with E-state index in [0.29, 0.717) is 19.5 Å². The van der Waals surface area contributed by atoms with E-state index in [1.807, 2.05) is 20.8 Å². The standard InChI is InChI=1S/C9H18N2O3.C2H6/c1-2-3-4-8(13)10-5-6-11-9(14)7-12;1-2/h12H,2-7H2,1H3,(H,10,13)(H,11,14);1-2H3. The van der Waals surface area contributed by atoms with Crippen molar-refractivity contribution in [3.63, 3.8) is 0 Å². The molecule has 16 heavy (non-hydrogen) atoms. The SMILES string of the molecule is CC.CCCCC(=O)NCCNC(=O)CO. The summed E-state index contributed by atoms with van der Waals surface area (Å²) >= 11 is 0. The molecule has 0 aromatic heterocycles. The first kappa shape index (κ1) is 17.3. The first-order valence-corrected chi connectivity index (χ1v) is 5.85. The number of rotatable bonds is 7. The highest BCUT2D eigenvalue weighted by Gasteiger charge is 2.00. The summed E-state index contributed by atoms with van der Waals surface area (Å²) in [5, 5.41) is 13.5. The Kier molecular flexibility index (Phi) is 15.0. The predicted octanol–water partition coefficient (Wildman–Crippen LogP) is 0.428. The van der Waals surface area contributed by atoms with Gasteiger partial charge in [0.05, 0.1) is 0 Å². The van der Waals surface area contributed by atoms with Crippen molar-refractivity contribution in [1.29, 1.82) is 0 Å². The average molecular weight is 232 g/mol. The highest BCUT2D eigenvalue weighted by Crippen LogP contribution is 1.92. The van der Waals surface area contributed by atoms with E-state index in [4.69, 9.17) is 5.11 Å². The van der Waals surface area contributed by atoms with Crippen molar-refractivity contribution in [2.45, 2.75) is 40.0 Å². The van der Waals surface area contributed by atoms with Crippen LogP contribution in [0.5, 0.6) is 0 Å². The summed E-state index contributed by atoms with van der Waals surface area (Å²) in [6, 6.07) is 0. The van der Waals surface area contributed by atoms with Crippen LogP contribution < -0.4 is 10.6 Å². The number of carbonyl (C=O) groups excluding carboxylic acids is 2. The molecule has 0 saturated carbocycles. The zero-order valence-corrected chi connectivity index (χ0v) is 10.5. The fourth-order valence-corrected chi connectivity index (χ4v) is 0.885. The van der Waals surface area contributed by atoms with Crippen molar-refractivity contribution in [1.82, 2.24) is 10.6 Å². The van der Waals surface area contributed by atoms with Gasteiger partial charge in [0.1, 0.15) is 6.61 Å². The number of aliphatic hydroxyl groups excluding tert-OH is 1. The molecule has 0 saturated heterocycles. The summed E-state index contributed by atoms with van der Waals surface area (Å²) in [7, 11) is 0. The molecule has 0 bridgehead atoms. The summed E-state index contributed by atoms with van der Waals surface area (Å²) in [4.78, 5) is 21.6. The second kappa shape index (κ2) is 13.9. The van der Waals surface area contributed by atoms with Crippen molar-refractivity contribution in [3.05, 3.63) is 0 Å². The minimum atomic E-state index is -0.510. The van der Waals surface area contributed by atoms with Gasteiger partial charge in [-0.1, -0.05) is 27.2 Å². The van der Waals surface area contributed by atoms with E-state index >= 15 is 0 Å². The van der Waals surface area contributed by atoms with Crippen LogP contribution in [-0.4, -0.2) is 36.6 Å². The van der Waals surface area contributed by atoms with E-state index in [1.165, 1.54) is 0 Å². The summed E-state index contributed by atoms with van der Waals surface area (Å²) in [6.07, 6.45) is 2.41. The Balaban J connectivity index is 0. The molecule has 0 atom stereocenters. The smallest absolute Gasteiger partial charge is 0.245 e. The third-order valence-corrected chi connectivity index (χ3v) is 1.67. The number of nitrogens with one attached hydrogen (secondary N) is 2. The molecule has 3 N–H and O–H groups in total. The van der Waals surface area contributed by atoms with Crippen molar-refractivity contribution >= 4 is 11.8 Å². The molecule has 0 aromatic carbocycles. The molecule has 0 rings (SSSR count). The highest BCUT2D eigenvalue weighted by molar-refractivity contribution is 5.77. The van der Waals surface area contributed by atoms with Crippen molar-refractivity contribution in [2.75, 3.05) is 19.7 Å². The van der Waals surface area contributed by atoms with Gasteiger partial charge in [0.2, 0.25) is 11.8 Å². The Morgan fingerprint density at radius 2 is 1.56 bits per heavy atom. The molecular formula is C11H24N2O3. The zero-order chi connectivity index (χ0) is 12.8. The van der Waals surface area contributed by atoms with E-state index in [1.54, 1.807) is 0 Å². The fraction of sp³-hybridized carbons (Fsp3) is 0.818. The Bertz CT molecular complexity index is 184. The lowest BCUT2D eigenvalue weighted by Crippen LogP contribution is -2.35. The number of hydrogen-bond donors (Lipinski definition) is 3. The molecule has 0 unspecified atom stereocenters. The summed E-state index contributed by atoms with van der Waals surface area (Å²) in [6.45, 7) is 6.28. The summed E-state index contributed by atoms with van der Waals surface area (Å²) < 4.78 is 0. The Labute approximate surface area is 97.6 Å². The van der Waals surface area contributed by atoms with Gasteiger partial charge in [0.15, 0.2) is 0 Å². The highest BCUT2D eigenvalue weighted by atomic mass is 16.3. The van der Waals surface area contributed by atoms with Crippen LogP contribution in [0.1, 0.15) is 40.0 Å². The molecule has 96 valence electrons. The fourth-order valence-electron chi connectivity index (χ4n) is 0.885. The average Bonchev–Trinajstić information content (AvgIpc) is 2.34. The molecule has 2 amide bonds. The summed E-state index contributed by atoms with van der Waals surface area (Å²) in [5.74, 6) is -0.419. The molecule has 0 spiro atoms. The van der Waals surface area contributed by atoms with Gasteiger partial charge in [0.25, 0.3) is 0 Å². The van der Waals surface area contributed by atoms with Gasteiger partial charge in [-0.25, -0.2) is 0 Å². The zero-order valence-electron chi connectivity index (χ0n) is 10.5. The van der Waals surface area contributed by atoms with E-state index in [0.717, 1.165) is 12.8 Å². The van der Waals surface area contributed by atoms with Crippen molar-refractivity contribution in [2.24, 2.45) is 0 Å². The molecule has 0 aliphatic heterocycles. The Morgan fingerprint density at radius 1 is 1.06 bits per heavy atom. The van der Waals surface area contributed by atoms with Gasteiger partial charge in [-0.15, -0.1) is 0 Å². The first-order valence-electron chi connectivity index (χ1n) is 5.85. The van der Waals surface area contributed by atoms with E-state index in [2.05, 4.69) is 10.6 Å². The van der Waals surface area contributed by atoms with Crippen LogP contribution in [0.2, 0.25) is 0 Å². The molecular weight excluding hydrogens is 208 g/mol. The van der Waals surface area contributed by atoms with Gasteiger partial charge < -0.3 is 15.7 Å². The third kappa shape index (κ3) is 12.9. The molecule has 5 nitrogen and oxygen atoms in total. The van der Waals surface area contributed by atoms with Crippen molar-refractivity contribution in [3.8, 4) is 0 Å². The molecule has 0 radical (unpaired) electrons.